The predicted molar refractivity (Wildman–Crippen MR) is 125 cm³/mol. The molecule has 1 aliphatic rings. The molecule has 0 unspecified atom stereocenters. The number of esters is 1. The molecule has 0 amide bonds. The van der Waals surface area contributed by atoms with E-state index in [1.165, 1.54) is 51.4 Å². The molecule has 3 nitrogen and oxygen atoms in total. The third-order valence-electron chi connectivity index (χ3n) is 6.58. The Hall–Kier alpha value is -1.51. The van der Waals surface area contributed by atoms with Crippen LogP contribution in [0, 0.1) is 17.8 Å². The Morgan fingerprint density at radius 1 is 0.967 bits per heavy atom. The normalized spacial score (nSPS) is 21.6. The summed E-state index contributed by atoms with van der Waals surface area (Å²) in [5.41, 5.74) is 0.621. The lowest BCUT2D eigenvalue weighted by Crippen LogP contribution is -2.35. The molecule has 0 bridgehead atoms. The summed E-state index contributed by atoms with van der Waals surface area (Å²) in [6.45, 7) is 9.73. The monoisotopic (exact) mass is 416 g/mol. The third-order valence-corrected chi connectivity index (χ3v) is 6.58. The lowest BCUT2D eigenvalue weighted by Gasteiger charge is -2.36. The molecule has 0 heterocycles. The molecule has 0 saturated heterocycles. The number of benzene rings is 1. The van der Waals surface area contributed by atoms with Crippen LogP contribution in [0.4, 0.5) is 0 Å². The van der Waals surface area contributed by atoms with E-state index in [2.05, 4.69) is 27.7 Å². The van der Waals surface area contributed by atoms with Crippen LogP contribution in [-0.4, -0.2) is 18.7 Å². The largest absolute Gasteiger partial charge is 0.494 e. The molecule has 3 atom stereocenters. The number of carbonyl (C=O) groups is 1. The summed E-state index contributed by atoms with van der Waals surface area (Å²) in [5, 5.41) is 0. The zero-order valence-electron chi connectivity index (χ0n) is 19.8. The van der Waals surface area contributed by atoms with Crippen molar-refractivity contribution < 1.29 is 14.3 Å². The SMILES string of the molecule is CCCCCCCCCCOc1ccc(C(=O)O[C@@H]2C[C@H](C)CC[C@@H]2C(C)C)cc1. The van der Waals surface area contributed by atoms with Gasteiger partial charge < -0.3 is 9.47 Å². The average Bonchev–Trinajstić information content (AvgIpc) is 2.73. The first-order valence-corrected chi connectivity index (χ1v) is 12.4. The van der Waals surface area contributed by atoms with Gasteiger partial charge in [0, 0.05) is 0 Å². The number of unbranched alkanes of at least 4 members (excludes halogenated alkanes) is 7. The standard InChI is InChI=1S/C27H44O3/c1-5-6-7-8-9-10-11-12-19-29-24-16-14-23(15-17-24)27(28)30-26-20-22(4)13-18-25(26)21(2)3/h14-17,21-22,25-26H,5-13,18-20H2,1-4H3/t22-,25-,26-/m1/s1. The summed E-state index contributed by atoms with van der Waals surface area (Å²) < 4.78 is 11.8. The topological polar surface area (TPSA) is 35.5 Å². The molecular formula is C27H44O3. The lowest BCUT2D eigenvalue weighted by atomic mass is 9.75. The van der Waals surface area contributed by atoms with Gasteiger partial charge in [-0.15, -0.1) is 0 Å². The van der Waals surface area contributed by atoms with Crippen LogP contribution >= 0.6 is 0 Å². The second-order valence-corrected chi connectivity index (χ2v) is 9.62. The first-order chi connectivity index (χ1) is 14.5. The van der Waals surface area contributed by atoms with Gasteiger partial charge in [-0.25, -0.2) is 4.79 Å². The molecule has 0 aromatic heterocycles. The maximum Gasteiger partial charge on any atom is 0.338 e. The molecule has 0 aliphatic heterocycles. The number of ether oxygens (including phenoxy) is 2. The van der Waals surface area contributed by atoms with Gasteiger partial charge >= 0.3 is 5.97 Å². The molecule has 1 saturated carbocycles. The van der Waals surface area contributed by atoms with Gasteiger partial charge in [-0.3, -0.25) is 0 Å². The second kappa shape index (κ2) is 13.7. The molecule has 3 heteroatoms. The van der Waals surface area contributed by atoms with Gasteiger partial charge in [-0.2, -0.15) is 0 Å². The Morgan fingerprint density at radius 2 is 1.60 bits per heavy atom. The highest BCUT2D eigenvalue weighted by Crippen LogP contribution is 2.35. The molecule has 30 heavy (non-hydrogen) atoms. The van der Waals surface area contributed by atoms with Crippen LogP contribution in [0.15, 0.2) is 24.3 Å². The van der Waals surface area contributed by atoms with Crippen LogP contribution in [-0.2, 0) is 4.74 Å². The van der Waals surface area contributed by atoms with Gasteiger partial charge in [0.2, 0.25) is 0 Å². The summed E-state index contributed by atoms with van der Waals surface area (Å²) in [6.07, 6.45) is 13.8. The summed E-state index contributed by atoms with van der Waals surface area (Å²) in [6, 6.07) is 7.46. The fourth-order valence-electron chi connectivity index (χ4n) is 4.57. The smallest absolute Gasteiger partial charge is 0.338 e. The van der Waals surface area contributed by atoms with Crippen molar-refractivity contribution in [1.82, 2.24) is 0 Å². The summed E-state index contributed by atoms with van der Waals surface area (Å²) >= 11 is 0. The van der Waals surface area contributed by atoms with Crippen LogP contribution in [0.25, 0.3) is 0 Å². The minimum absolute atomic E-state index is 0.0409. The van der Waals surface area contributed by atoms with Crippen LogP contribution in [0.5, 0.6) is 5.75 Å². The van der Waals surface area contributed by atoms with Crippen LogP contribution in [0.1, 0.15) is 109 Å². The van der Waals surface area contributed by atoms with Gasteiger partial charge in [0.05, 0.1) is 12.2 Å². The molecule has 0 spiro atoms. The number of hydrogen-bond acceptors (Lipinski definition) is 3. The first-order valence-electron chi connectivity index (χ1n) is 12.4. The molecule has 1 aromatic rings. The molecule has 1 aromatic carbocycles. The summed E-state index contributed by atoms with van der Waals surface area (Å²) in [5.74, 6) is 2.28. The van der Waals surface area contributed by atoms with Crippen molar-refractivity contribution in [2.24, 2.45) is 17.8 Å². The fraction of sp³-hybridized carbons (Fsp3) is 0.741. The van der Waals surface area contributed by atoms with E-state index < -0.39 is 0 Å². The number of hydrogen-bond donors (Lipinski definition) is 0. The van der Waals surface area contributed by atoms with Gasteiger partial charge in [-0.05, 0) is 61.3 Å². The van der Waals surface area contributed by atoms with E-state index in [0.29, 0.717) is 23.3 Å². The second-order valence-electron chi connectivity index (χ2n) is 9.62. The highest BCUT2D eigenvalue weighted by molar-refractivity contribution is 5.89. The Kier molecular flexibility index (Phi) is 11.3. The maximum atomic E-state index is 12.7. The average molecular weight is 417 g/mol. The zero-order valence-corrected chi connectivity index (χ0v) is 19.8. The Bertz CT molecular complexity index is 593. The molecule has 2 rings (SSSR count). The van der Waals surface area contributed by atoms with E-state index in [-0.39, 0.29) is 12.1 Å². The summed E-state index contributed by atoms with van der Waals surface area (Å²) in [7, 11) is 0. The Balaban J connectivity index is 1.69. The van der Waals surface area contributed by atoms with Gasteiger partial charge in [-0.1, -0.05) is 79.1 Å². The summed E-state index contributed by atoms with van der Waals surface area (Å²) in [4.78, 5) is 12.7. The minimum atomic E-state index is -0.200. The molecular weight excluding hydrogens is 372 g/mol. The van der Waals surface area contributed by atoms with Crippen molar-refractivity contribution in [2.75, 3.05) is 6.61 Å². The molecule has 0 N–H and O–H groups in total. The van der Waals surface area contributed by atoms with Crippen LogP contribution in [0.3, 0.4) is 0 Å². The van der Waals surface area contributed by atoms with E-state index in [4.69, 9.17) is 9.47 Å². The van der Waals surface area contributed by atoms with Crippen molar-refractivity contribution in [2.45, 2.75) is 104 Å². The molecule has 0 radical (unpaired) electrons. The van der Waals surface area contributed by atoms with Crippen molar-refractivity contribution in [1.29, 1.82) is 0 Å². The van der Waals surface area contributed by atoms with E-state index in [1.807, 2.05) is 24.3 Å². The van der Waals surface area contributed by atoms with Crippen molar-refractivity contribution in [3.8, 4) is 5.75 Å². The minimum Gasteiger partial charge on any atom is -0.494 e. The predicted octanol–water partition coefficient (Wildman–Crippen LogP) is 7.82. The zero-order chi connectivity index (χ0) is 21.8. The van der Waals surface area contributed by atoms with E-state index in [0.717, 1.165) is 31.6 Å². The fourth-order valence-corrected chi connectivity index (χ4v) is 4.57. The van der Waals surface area contributed by atoms with Crippen molar-refractivity contribution in [3.05, 3.63) is 29.8 Å². The van der Waals surface area contributed by atoms with Crippen molar-refractivity contribution in [3.63, 3.8) is 0 Å². The van der Waals surface area contributed by atoms with Crippen molar-refractivity contribution >= 4 is 5.97 Å². The molecule has 1 aliphatic carbocycles. The van der Waals surface area contributed by atoms with Gasteiger partial charge in [0.1, 0.15) is 11.9 Å². The molecule has 170 valence electrons. The van der Waals surface area contributed by atoms with Gasteiger partial charge in [0.15, 0.2) is 0 Å². The Morgan fingerprint density at radius 3 is 2.23 bits per heavy atom. The van der Waals surface area contributed by atoms with Crippen LogP contribution in [0.2, 0.25) is 0 Å². The van der Waals surface area contributed by atoms with E-state index in [1.54, 1.807) is 0 Å². The van der Waals surface area contributed by atoms with Gasteiger partial charge in [0.25, 0.3) is 0 Å². The first kappa shape index (κ1) is 24.8. The quantitative estimate of drug-likeness (QED) is 0.243. The molecule has 1 fully saturated rings. The third kappa shape index (κ3) is 8.70. The maximum absolute atomic E-state index is 12.7. The van der Waals surface area contributed by atoms with E-state index in [9.17, 15) is 4.79 Å². The Labute approximate surface area is 184 Å². The number of carbonyl (C=O) groups excluding carboxylic acids is 1. The highest BCUT2D eigenvalue weighted by Gasteiger charge is 2.33. The number of rotatable bonds is 13. The van der Waals surface area contributed by atoms with Crippen LogP contribution < -0.4 is 4.74 Å². The van der Waals surface area contributed by atoms with E-state index >= 15 is 0 Å². The highest BCUT2D eigenvalue weighted by atomic mass is 16.5. The lowest BCUT2D eigenvalue weighted by molar-refractivity contribution is -0.0174.